The molecular formula is C61H52BN3. The van der Waals surface area contributed by atoms with E-state index in [-0.39, 0.29) is 17.5 Å². The smallest absolute Gasteiger partial charge is 0.252 e. The molecule has 4 saturated carbocycles. The van der Waals surface area contributed by atoms with Crippen molar-refractivity contribution in [2.24, 2.45) is 17.8 Å². The highest BCUT2D eigenvalue weighted by molar-refractivity contribution is 7.00. The van der Waals surface area contributed by atoms with Crippen molar-refractivity contribution >= 4 is 74.3 Å². The van der Waals surface area contributed by atoms with Crippen LogP contribution in [0.1, 0.15) is 69.1 Å². The first-order valence-corrected chi connectivity index (χ1v) is 24.1. The van der Waals surface area contributed by atoms with E-state index in [1.165, 1.54) is 111 Å². The lowest BCUT2D eigenvalue weighted by Gasteiger charge is -2.57. The molecule has 15 rings (SSSR count). The number of anilines is 9. The van der Waals surface area contributed by atoms with Gasteiger partial charge < -0.3 is 14.7 Å². The summed E-state index contributed by atoms with van der Waals surface area (Å²) in [5.41, 5.74) is 22.3. The van der Waals surface area contributed by atoms with Crippen LogP contribution in [-0.2, 0) is 10.8 Å². The van der Waals surface area contributed by atoms with Gasteiger partial charge in [-0.15, -0.1) is 0 Å². The van der Waals surface area contributed by atoms with Crippen LogP contribution < -0.4 is 31.1 Å². The first-order valence-electron chi connectivity index (χ1n) is 24.1. The van der Waals surface area contributed by atoms with Gasteiger partial charge in [-0.05, 0) is 179 Å². The number of fused-ring (bicyclic) bond motifs is 7. The molecular weight excluding hydrogens is 786 g/mol. The maximum atomic E-state index is 2.75. The van der Waals surface area contributed by atoms with E-state index in [1.54, 1.807) is 5.56 Å². The van der Waals surface area contributed by atoms with Gasteiger partial charge in [0.25, 0.3) is 6.71 Å². The molecule has 4 fully saturated rings. The molecule has 0 N–H and O–H groups in total. The summed E-state index contributed by atoms with van der Waals surface area (Å²) < 4.78 is 0. The molecule has 8 aromatic carbocycles. The molecule has 314 valence electrons. The van der Waals surface area contributed by atoms with Gasteiger partial charge in [0.1, 0.15) is 0 Å². The number of hydrogen-bond donors (Lipinski definition) is 0. The number of hydrogen-bond acceptors (Lipinski definition) is 3. The molecule has 2 heterocycles. The van der Waals surface area contributed by atoms with E-state index in [4.69, 9.17) is 0 Å². The van der Waals surface area contributed by atoms with Crippen molar-refractivity contribution in [2.75, 3.05) is 14.7 Å². The fraction of sp³-hybridized carbons (Fsp3) is 0.213. The monoisotopic (exact) mass is 837 g/mol. The van der Waals surface area contributed by atoms with Gasteiger partial charge >= 0.3 is 0 Å². The van der Waals surface area contributed by atoms with Crippen LogP contribution in [-0.4, -0.2) is 6.71 Å². The predicted octanol–water partition coefficient (Wildman–Crippen LogP) is 14.0. The number of para-hydroxylation sites is 4. The van der Waals surface area contributed by atoms with Crippen LogP contribution in [0.4, 0.5) is 51.2 Å². The quantitative estimate of drug-likeness (QED) is 0.155. The molecule has 0 radical (unpaired) electrons. The van der Waals surface area contributed by atoms with Gasteiger partial charge in [-0.2, -0.15) is 0 Å². The molecule has 2 aliphatic heterocycles. The summed E-state index contributed by atoms with van der Waals surface area (Å²) >= 11 is 0. The summed E-state index contributed by atoms with van der Waals surface area (Å²) in [6.45, 7) is 4.95. The minimum atomic E-state index is -0.211. The summed E-state index contributed by atoms with van der Waals surface area (Å²) in [5, 5.41) is 0. The van der Waals surface area contributed by atoms with Crippen LogP contribution in [0.2, 0.25) is 0 Å². The Labute approximate surface area is 384 Å². The van der Waals surface area contributed by atoms with Crippen molar-refractivity contribution in [3.05, 3.63) is 205 Å². The molecule has 0 spiro atoms. The molecule has 0 aromatic heterocycles. The van der Waals surface area contributed by atoms with Crippen LogP contribution >= 0.6 is 0 Å². The van der Waals surface area contributed by atoms with E-state index >= 15 is 0 Å². The summed E-state index contributed by atoms with van der Waals surface area (Å²) in [5.74, 6) is 2.51. The third kappa shape index (κ3) is 5.43. The second-order valence-corrected chi connectivity index (χ2v) is 20.7. The van der Waals surface area contributed by atoms with E-state index in [0.29, 0.717) is 0 Å². The van der Waals surface area contributed by atoms with Crippen molar-refractivity contribution in [3.63, 3.8) is 0 Å². The summed E-state index contributed by atoms with van der Waals surface area (Å²) in [6, 6.07) is 71.4. The average molecular weight is 838 g/mol. The average Bonchev–Trinajstić information content (AvgIpc) is 3.58. The number of rotatable bonds is 6. The Morgan fingerprint density at radius 3 is 1.71 bits per heavy atom. The molecule has 0 unspecified atom stereocenters. The fourth-order valence-corrected chi connectivity index (χ4v) is 14.6. The molecule has 0 atom stereocenters. The lowest BCUT2D eigenvalue weighted by Crippen LogP contribution is -2.61. The van der Waals surface area contributed by atoms with E-state index in [0.717, 1.165) is 34.8 Å². The highest BCUT2D eigenvalue weighted by Gasteiger charge is 2.53. The third-order valence-electron chi connectivity index (χ3n) is 16.7. The van der Waals surface area contributed by atoms with E-state index in [9.17, 15) is 0 Å². The van der Waals surface area contributed by atoms with Crippen LogP contribution in [0.5, 0.6) is 0 Å². The van der Waals surface area contributed by atoms with Gasteiger partial charge in [0.15, 0.2) is 0 Å². The molecule has 4 bridgehead atoms. The van der Waals surface area contributed by atoms with Crippen LogP contribution in [0, 0.1) is 17.8 Å². The summed E-state index contributed by atoms with van der Waals surface area (Å²) in [7, 11) is 0. The van der Waals surface area contributed by atoms with Crippen LogP contribution in [0.15, 0.2) is 188 Å². The van der Waals surface area contributed by atoms with Crippen molar-refractivity contribution in [3.8, 4) is 11.1 Å². The van der Waals surface area contributed by atoms with E-state index < -0.39 is 0 Å². The Morgan fingerprint density at radius 2 is 1.02 bits per heavy atom. The highest BCUT2D eigenvalue weighted by atomic mass is 15.2. The van der Waals surface area contributed by atoms with Crippen LogP contribution in [0.25, 0.3) is 11.1 Å². The van der Waals surface area contributed by atoms with E-state index in [1.807, 2.05) is 0 Å². The first-order chi connectivity index (χ1) is 31.9. The predicted molar refractivity (Wildman–Crippen MR) is 273 cm³/mol. The molecule has 4 heteroatoms. The molecule has 7 aliphatic rings. The lowest BCUT2D eigenvalue weighted by molar-refractivity contribution is -0.00514. The van der Waals surface area contributed by atoms with Gasteiger partial charge in [-0.1, -0.05) is 129 Å². The zero-order chi connectivity index (χ0) is 43.0. The Bertz CT molecular complexity index is 3120. The lowest BCUT2D eigenvalue weighted by atomic mass is 9.33. The summed E-state index contributed by atoms with van der Waals surface area (Å²) in [6.07, 6.45) is 8.22. The second-order valence-electron chi connectivity index (χ2n) is 20.7. The normalized spacial score (nSPS) is 22.2. The van der Waals surface area contributed by atoms with Crippen molar-refractivity contribution in [1.82, 2.24) is 0 Å². The molecule has 0 saturated heterocycles. The Balaban J connectivity index is 1.10. The minimum Gasteiger partial charge on any atom is -0.311 e. The second kappa shape index (κ2) is 13.9. The zero-order valence-electron chi connectivity index (χ0n) is 37.3. The Kier molecular flexibility index (Phi) is 8.02. The Morgan fingerprint density at radius 1 is 0.462 bits per heavy atom. The maximum Gasteiger partial charge on any atom is 0.252 e. The SMILES string of the molecule is CC1(C)c2ccccc2-c2cccc(N3c4cc(N(c5ccccc5)c5ccccc5)ccc4B4c5ccccc5N(c5ccccc5)c5cc(C67CC8CC(CC(C8)C6)C7)cc3c54)c21. The fourth-order valence-electron chi connectivity index (χ4n) is 14.6. The zero-order valence-corrected chi connectivity index (χ0v) is 37.3. The van der Waals surface area contributed by atoms with Crippen molar-refractivity contribution < 1.29 is 0 Å². The van der Waals surface area contributed by atoms with Crippen LogP contribution in [0.3, 0.4) is 0 Å². The van der Waals surface area contributed by atoms with Gasteiger partial charge in [0, 0.05) is 50.9 Å². The third-order valence-corrected chi connectivity index (χ3v) is 16.7. The highest BCUT2D eigenvalue weighted by Crippen LogP contribution is 2.62. The van der Waals surface area contributed by atoms with Gasteiger partial charge in [0.05, 0.1) is 5.69 Å². The molecule has 8 aromatic rings. The topological polar surface area (TPSA) is 9.72 Å². The standard InChI is InChI=1S/C61H52BN3/c1-60(2)50-25-13-12-23-48(50)49-24-16-28-54(58(49)60)65-55-36-47(63(44-17-6-3-7-18-44)45-19-8-4-9-20-45)29-30-52(55)62-51-26-14-15-27-53(51)64(46-21-10-5-11-22-46)56-34-43(35-57(65)59(56)62)61-37-40-31-41(38-61)33-42(32-40)39-61/h3-30,34-36,40-42H,31-33,37-39H2,1-2H3. The Hall–Kier alpha value is -6.78. The van der Waals surface area contributed by atoms with E-state index in [2.05, 4.69) is 217 Å². The van der Waals surface area contributed by atoms with Gasteiger partial charge in [-0.3, -0.25) is 0 Å². The van der Waals surface area contributed by atoms with Crippen molar-refractivity contribution in [1.29, 1.82) is 0 Å². The minimum absolute atomic E-state index is 0.0470. The number of nitrogens with zero attached hydrogens (tertiary/aromatic N) is 3. The van der Waals surface area contributed by atoms with Gasteiger partial charge in [0.2, 0.25) is 0 Å². The maximum absolute atomic E-state index is 2.75. The largest absolute Gasteiger partial charge is 0.311 e. The van der Waals surface area contributed by atoms with Crippen molar-refractivity contribution in [2.45, 2.75) is 63.2 Å². The summed E-state index contributed by atoms with van der Waals surface area (Å²) in [4.78, 5) is 7.80. The molecule has 0 amide bonds. The first kappa shape index (κ1) is 37.6. The van der Waals surface area contributed by atoms with Gasteiger partial charge in [-0.25, -0.2) is 0 Å². The molecule has 3 nitrogen and oxygen atoms in total. The molecule has 5 aliphatic carbocycles. The number of benzene rings is 8. The molecule has 65 heavy (non-hydrogen) atoms.